The largest absolute Gasteiger partial charge is 0.352 e. The summed E-state index contributed by atoms with van der Waals surface area (Å²) in [6.07, 6.45) is 1.96. The van der Waals surface area contributed by atoms with Crippen LogP contribution in [0, 0.1) is 0 Å². The number of carbonyl (C=O) groups is 1. The zero-order valence-corrected chi connectivity index (χ0v) is 17.3. The fourth-order valence-corrected chi connectivity index (χ4v) is 4.48. The van der Waals surface area contributed by atoms with Gasteiger partial charge in [0.2, 0.25) is 0 Å². The van der Waals surface area contributed by atoms with Crippen LogP contribution in [-0.2, 0) is 22.8 Å². The van der Waals surface area contributed by atoms with E-state index in [9.17, 15) is 13.2 Å². The lowest BCUT2D eigenvalue weighted by atomic mass is 10.00. The molecule has 0 fully saturated rings. The van der Waals surface area contributed by atoms with Crippen molar-refractivity contribution in [3.05, 3.63) is 65.2 Å². The van der Waals surface area contributed by atoms with Crippen LogP contribution in [0.4, 0.5) is 0 Å². The summed E-state index contributed by atoms with van der Waals surface area (Å²) in [6, 6.07) is 14.7. The van der Waals surface area contributed by atoms with Crippen molar-refractivity contribution in [3.8, 4) is 0 Å². The lowest BCUT2D eigenvalue weighted by molar-refractivity contribution is 0.0951. The molecule has 0 unspecified atom stereocenters. The van der Waals surface area contributed by atoms with Gasteiger partial charge in [-0.1, -0.05) is 24.3 Å². The van der Waals surface area contributed by atoms with E-state index in [1.54, 1.807) is 26.0 Å². The van der Waals surface area contributed by atoms with Crippen LogP contribution >= 0.6 is 0 Å². The van der Waals surface area contributed by atoms with Gasteiger partial charge in [0.1, 0.15) is 0 Å². The number of amides is 1. The third-order valence-corrected chi connectivity index (χ3v) is 7.38. The summed E-state index contributed by atoms with van der Waals surface area (Å²) in [5.41, 5.74) is 3.32. The van der Waals surface area contributed by atoms with Crippen LogP contribution < -0.4 is 5.32 Å². The lowest BCUT2D eigenvalue weighted by Crippen LogP contribution is -2.33. The molecule has 2 aromatic rings. The Bertz CT molecular complexity index is 921. The summed E-state index contributed by atoms with van der Waals surface area (Å²) < 4.78 is 24.3. The molecule has 28 heavy (non-hydrogen) atoms. The molecule has 1 N–H and O–H groups in total. The highest BCUT2D eigenvalue weighted by atomic mass is 32.2. The molecule has 0 spiro atoms. The molecule has 0 radical (unpaired) electrons. The van der Waals surface area contributed by atoms with E-state index in [0.29, 0.717) is 12.1 Å². The van der Waals surface area contributed by atoms with Gasteiger partial charge in [0.25, 0.3) is 5.91 Å². The Morgan fingerprint density at radius 3 is 2.43 bits per heavy atom. The Kier molecular flexibility index (Phi) is 6.52. The highest BCUT2D eigenvalue weighted by Gasteiger charge is 2.19. The van der Waals surface area contributed by atoms with Crippen LogP contribution in [0.1, 0.15) is 41.8 Å². The molecule has 0 saturated heterocycles. The van der Waals surface area contributed by atoms with Crippen LogP contribution in [-0.4, -0.2) is 44.1 Å². The second-order valence-electron chi connectivity index (χ2n) is 7.52. The molecule has 6 heteroatoms. The molecular formula is C22H28N2O3S. The number of nitrogens with one attached hydrogen (secondary N) is 1. The molecule has 3 rings (SSSR count). The quantitative estimate of drug-likeness (QED) is 0.726. The van der Waals surface area contributed by atoms with Crippen molar-refractivity contribution in [3.63, 3.8) is 0 Å². The highest BCUT2D eigenvalue weighted by molar-refractivity contribution is 7.92. The first-order valence-corrected chi connectivity index (χ1v) is 11.3. The molecule has 1 amide bonds. The van der Waals surface area contributed by atoms with E-state index in [0.717, 1.165) is 32.5 Å². The van der Waals surface area contributed by atoms with E-state index in [1.807, 2.05) is 0 Å². The van der Waals surface area contributed by atoms with Gasteiger partial charge in [0.05, 0.1) is 10.1 Å². The van der Waals surface area contributed by atoms with Gasteiger partial charge in [-0.25, -0.2) is 8.42 Å². The van der Waals surface area contributed by atoms with Gasteiger partial charge in [-0.2, -0.15) is 0 Å². The van der Waals surface area contributed by atoms with Gasteiger partial charge in [0, 0.05) is 31.7 Å². The fourth-order valence-electron chi connectivity index (χ4n) is 3.42. The molecule has 1 aliphatic rings. The zero-order chi connectivity index (χ0) is 20.1. The second kappa shape index (κ2) is 8.88. The Labute approximate surface area is 167 Å². The van der Waals surface area contributed by atoms with Crippen LogP contribution in [0.2, 0.25) is 0 Å². The minimum atomic E-state index is -3.31. The highest BCUT2D eigenvalue weighted by Crippen LogP contribution is 2.18. The van der Waals surface area contributed by atoms with Crippen LogP contribution in [0.3, 0.4) is 0 Å². The maximum absolute atomic E-state index is 12.3. The van der Waals surface area contributed by atoms with E-state index in [4.69, 9.17) is 0 Å². The Morgan fingerprint density at radius 1 is 1.07 bits per heavy atom. The molecule has 5 nitrogen and oxygen atoms in total. The normalized spacial score (nSPS) is 14.7. The van der Waals surface area contributed by atoms with Gasteiger partial charge >= 0.3 is 0 Å². The number of benzene rings is 2. The summed E-state index contributed by atoms with van der Waals surface area (Å²) in [5, 5.41) is 2.45. The lowest BCUT2D eigenvalue weighted by Gasteiger charge is -2.28. The molecule has 1 heterocycles. The third kappa shape index (κ3) is 4.80. The average molecular weight is 401 g/mol. The van der Waals surface area contributed by atoms with Crippen molar-refractivity contribution in [2.24, 2.45) is 0 Å². The van der Waals surface area contributed by atoms with E-state index in [-0.39, 0.29) is 10.8 Å². The summed E-state index contributed by atoms with van der Waals surface area (Å²) in [6.45, 7) is 6.86. The van der Waals surface area contributed by atoms with Crippen molar-refractivity contribution in [2.75, 3.05) is 19.6 Å². The molecule has 0 bridgehead atoms. The number of sulfone groups is 1. The zero-order valence-electron chi connectivity index (χ0n) is 16.5. The third-order valence-electron chi connectivity index (χ3n) is 5.21. The van der Waals surface area contributed by atoms with E-state index in [1.165, 1.54) is 23.3 Å². The monoisotopic (exact) mass is 400 g/mol. The molecule has 150 valence electrons. The van der Waals surface area contributed by atoms with Crippen molar-refractivity contribution in [1.29, 1.82) is 0 Å². The minimum Gasteiger partial charge on any atom is -0.352 e. The topological polar surface area (TPSA) is 66.5 Å². The average Bonchev–Trinajstić information content (AvgIpc) is 2.71. The predicted molar refractivity (Wildman–Crippen MR) is 111 cm³/mol. The van der Waals surface area contributed by atoms with Gasteiger partial charge in [0.15, 0.2) is 9.84 Å². The van der Waals surface area contributed by atoms with Crippen molar-refractivity contribution in [2.45, 2.75) is 43.4 Å². The van der Waals surface area contributed by atoms with E-state index >= 15 is 0 Å². The molecule has 0 saturated carbocycles. The van der Waals surface area contributed by atoms with Crippen LogP contribution in [0.5, 0.6) is 0 Å². The van der Waals surface area contributed by atoms with Crippen LogP contribution in [0.25, 0.3) is 0 Å². The minimum absolute atomic E-state index is 0.169. The number of nitrogens with zero attached hydrogens (tertiary/aromatic N) is 1. The molecular weight excluding hydrogens is 372 g/mol. The smallest absolute Gasteiger partial charge is 0.251 e. The van der Waals surface area contributed by atoms with E-state index < -0.39 is 15.1 Å². The molecule has 0 aliphatic carbocycles. The first-order valence-electron chi connectivity index (χ1n) is 9.79. The number of carbonyl (C=O) groups excluding carboxylic acids is 1. The maximum atomic E-state index is 12.3. The molecule has 0 atom stereocenters. The first-order chi connectivity index (χ1) is 13.4. The number of hydrogen-bond donors (Lipinski definition) is 1. The summed E-state index contributed by atoms with van der Waals surface area (Å²) >= 11 is 0. The molecule has 1 aliphatic heterocycles. The first kappa shape index (κ1) is 20.6. The Hall–Kier alpha value is -2.18. The second-order valence-corrected chi connectivity index (χ2v) is 10.0. The SMILES string of the molecule is CC(C)S(=O)(=O)c1ccc(C(=O)NCCCN2CCc3ccccc3C2)cc1. The standard InChI is InChI=1S/C22H28N2O3S/c1-17(2)28(26,27)21-10-8-19(9-11-21)22(25)23-13-5-14-24-15-12-18-6-3-4-7-20(18)16-24/h3-4,6-11,17H,5,12-16H2,1-2H3,(H,23,25). The van der Waals surface area contributed by atoms with Crippen molar-refractivity contribution < 1.29 is 13.2 Å². The molecule has 2 aromatic carbocycles. The number of fused-ring (bicyclic) bond motifs is 1. The van der Waals surface area contributed by atoms with Gasteiger partial charge in [-0.05, 0) is 62.1 Å². The number of rotatable bonds is 7. The Morgan fingerprint density at radius 2 is 1.75 bits per heavy atom. The summed E-state index contributed by atoms with van der Waals surface area (Å²) in [5.74, 6) is -0.169. The number of hydrogen-bond acceptors (Lipinski definition) is 4. The van der Waals surface area contributed by atoms with E-state index in [2.05, 4.69) is 34.5 Å². The van der Waals surface area contributed by atoms with Crippen LogP contribution in [0.15, 0.2) is 53.4 Å². The summed E-state index contributed by atoms with van der Waals surface area (Å²) in [7, 11) is -3.31. The maximum Gasteiger partial charge on any atom is 0.251 e. The Balaban J connectivity index is 1.45. The van der Waals surface area contributed by atoms with Crippen molar-refractivity contribution in [1.82, 2.24) is 10.2 Å². The van der Waals surface area contributed by atoms with Gasteiger partial charge in [-0.3, -0.25) is 9.69 Å². The van der Waals surface area contributed by atoms with Gasteiger partial charge in [-0.15, -0.1) is 0 Å². The fraction of sp³-hybridized carbons (Fsp3) is 0.409. The molecule has 0 aromatic heterocycles. The van der Waals surface area contributed by atoms with Crippen molar-refractivity contribution >= 4 is 15.7 Å². The van der Waals surface area contributed by atoms with Gasteiger partial charge < -0.3 is 5.32 Å². The predicted octanol–water partition coefficient (Wildman–Crippen LogP) is 3.05. The summed E-state index contributed by atoms with van der Waals surface area (Å²) in [4.78, 5) is 15.0.